The van der Waals surface area contributed by atoms with E-state index >= 15 is 0 Å². The Morgan fingerprint density at radius 2 is 1.88 bits per heavy atom. The summed E-state index contributed by atoms with van der Waals surface area (Å²) in [4.78, 5) is 46.2. The number of nitrogens with one attached hydrogen (secondary N) is 3. The number of hydrogen-bond donors (Lipinski definition) is 5. The average molecular weight is 608 g/mol. The van der Waals surface area contributed by atoms with Gasteiger partial charge < -0.3 is 31.4 Å². The molecule has 2 fully saturated rings. The van der Waals surface area contributed by atoms with Crippen LogP contribution in [-0.4, -0.2) is 69.5 Å². The molecular formula is C33H42ClN5O4. The van der Waals surface area contributed by atoms with Crippen molar-refractivity contribution < 1.29 is 19.5 Å². The van der Waals surface area contributed by atoms with Crippen molar-refractivity contribution in [1.82, 2.24) is 20.5 Å². The van der Waals surface area contributed by atoms with Crippen molar-refractivity contribution in [1.29, 1.82) is 0 Å². The molecule has 2 unspecified atom stereocenters. The molecular weight excluding hydrogens is 566 g/mol. The number of amides is 2. The second-order valence-electron chi connectivity index (χ2n) is 12.7. The van der Waals surface area contributed by atoms with Crippen LogP contribution >= 0.6 is 11.6 Å². The maximum Gasteiger partial charge on any atom is 0.326 e. The first-order chi connectivity index (χ1) is 20.6. The third-order valence-corrected chi connectivity index (χ3v) is 9.29. The predicted octanol–water partition coefficient (Wildman–Crippen LogP) is 3.89. The number of para-hydroxylation sites is 1. The highest BCUT2D eigenvalue weighted by Gasteiger charge is 2.53. The van der Waals surface area contributed by atoms with E-state index in [1.165, 1.54) is 0 Å². The standard InChI is InChI=1S/C33H42ClN5O4/c1-20(2)13-26(35)30(40)38-28(15-23-18-37-27-6-4-3-5-25(23)27)31(41)39(33-12-11-22(16-33)17-36-19-33)29(32(42)43)14-21-7-9-24(34)10-8-21/h3-10,18,20,22,26,28-29,36-37H,11-17,19,35H2,1-2H3,(H,38,40)(H,42,43)/t22?,26-,28-,29-,33?/m0/s1. The van der Waals surface area contributed by atoms with Gasteiger partial charge in [0.2, 0.25) is 11.8 Å². The number of halogens is 1. The molecule has 43 heavy (non-hydrogen) atoms. The van der Waals surface area contributed by atoms with E-state index in [4.69, 9.17) is 17.3 Å². The first-order valence-electron chi connectivity index (χ1n) is 15.2. The Kier molecular flexibility index (Phi) is 9.44. The summed E-state index contributed by atoms with van der Waals surface area (Å²) in [6, 6.07) is 11.9. The van der Waals surface area contributed by atoms with Gasteiger partial charge in [0, 0.05) is 41.5 Å². The SMILES string of the molecule is CC(C)C[C@H](N)C(=O)N[C@@H](Cc1c[nH]c2ccccc12)C(=O)N([C@@H](Cc1ccc(Cl)cc1)C(=O)O)C12CCC(CNC1)C2. The van der Waals surface area contributed by atoms with Crippen LogP contribution in [0.2, 0.25) is 5.02 Å². The fourth-order valence-corrected chi connectivity index (χ4v) is 7.12. The Labute approximate surface area is 257 Å². The highest BCUT2D eigenvalue weighted by atomic mass is 35.5. The van der Waals surface area contributed by atoms with Crippen LogP contribution in [-0.2, 0) is 27.2 Å². The minimum atomic E-state index is -1.14. The lowest BCUT2D eigenvalue weighted by atomic mass is 9.86. The van der Waals surface area contributed by atoms with Gasteiger partial charge in [-0.2, -0.15) is 0 Å². The van der Waals surface area contributed by atoms with Crippen LogP contribution in [0.4, 0.5) is 0 Å². The van der Waals surface area contributed by atoms with E-state index in [2.05, 4.69) is 15.6 Å². The summed E-state index contributed by atoms with van der Waals surface area (Å²) in [6.45, 7) is 5.32. The number of carbonyl (C=O) groups is 3. The smallest absolute Gasteiger partial charge is 0.326 e. The van der Waals surface area contributed by atoms with E-state index in [9.17, 15) is 19.5 Å². The lowest BCUT2D eigenvalue weighted by Crippen LogP contribution is -2.67. The summed E-state index contributed by atoms with van der Waals surface area (Å²) in [7, 11) is 0. The number of fused-ring (bicyclic) bond motifs is 3. The van der Waals surface area contributed by atoms with Crippen molar-refractivity contribution in [2.75, 3.05) is 13.1 Å². The third-order valence-electron chi connectivity index (χ3n) is 9.04. The topological polar surface area (TPSA) is 141 Å². The monoisotopic (exact) mass is 607 g/mol. The van der Waals surface area contributed by atoms with Crippen LogP contribution in [0.1, 0.15) is 50.7 Å². The van der Waals surface area contributed by atoms with Gasteiger partial charge >= 0.3 is 5.97 Å². The molecule has 9 nitrogen and oxygen atoms in total. The highest BCUT2D eigenvalue weighted by Crippen LogP contribution is 2.43. The number of aliphatic carboxylic acids is 1. The molecule has 10 heteroatoms. The van der Waals surface area contributed by atoms with E-state index in [0.29, 0.717) is 30.3 Å². The zero-order valence-corrected chi connectivity index (χ0v) is 25.6. The molecule has 1 saturated heterocycles. The van der Waals surface area contributed by atoms with Crippen molar-refractivity contribution in [2.45, 2.75) is 76.0 Å². The molecule has 2 aromatic carbocycles. The predicted molar refractivity (Wildman–Crippen MR) is 168 cm³/mol. The number of nitrogens with two attached hydrogens (primary N) is 1. The Morgan fingerprint density at radius 1 is 1.14 bits per heavy atom. The van der Waals surface area contributed by atoms with Gasteiger partial charge in [0.05, 0.1) is 11.6 Å². The van der Waals surface area contributed by atoms with Gasteiger partial charge in [-0.3, -0.25) is 9.59 Å². The Bertz CT molecular complexity index is 1450. The number of piperidine rings is 1. The molecule has 0 radical (unpaired) electrons. The molecule has 0 spiro atoms. The number of nitrogens with zero attached hydrogens (tertiary/aromatic N) is 1. The summed E-state index contributed by atoms with van der Waals surface area (Å²) >= 11 is 6.11. The van der Waals surface area contributed by atoms with E-state index in [-0.39, 0.29) is 18.8 Å². The summed E-state index contributed by atoms with van der Waals surface area (Å²) < 4.78 is 0. The molecule has 5 atom stereocenters. The minimum Gasteiger partial charge on any atom is -0.480 e. The molecule has 3 aromatic rings. The number of aromatic nitrogens is 1. The van der Waals surface area contributed by atoms with E-state index in [1.807, 2.05) is 44.3 Å². The van der Waals surface area contributed by atoms with Gasteiger partial charge in [0.25, 0.3) is 0 Å². The van der Waals surface area contributed by atoms with Crippen molar-refractivity contribution in [3.8, 4) is 0 Å². The molecule has 2 heterocycles. The molecule has 1 saturated carbocycles. The zero-order valence-electron chi connectivity index (χ0n) is 24.8. The molecule has 1 aliphatic carbocycles. The minimum absolute atomic E-state index is 0.116. The number of rotatable bonds is 12. The fourth-order valence-electron chi connectivity index (χ4n) is 6.99. The van der Waals surface area contributed by atoms with E-state index < -0.39 is 41.4 Å². The first-order valence-corrected chi connectivity index (χ1v) is 15.6. The molecule has 230 valence electrons. The zero-order chi connectivity index (χ0) is 30.7. The Balaban J connectivity index is 1.55. The molecule has 2 aliphatic rings. The number of carboxylic acids is 1. The van der Waals surface area contributed by atoms with Crippen LogP contribution in [0.5, 0.6) is 0 Å². The molecule has 1 aliphatic heterocycles. The van der Waals surface area contributed by atoms with Crippen LogP contribution < -0.4 is 16.4 Å². The quantitative estimate of drug-likeness (QED) is 0.212. The molecule has 5 rings (SSSR count). The fraction of sp³-hybridized carbons (Fsp3) is 0.485. The summed E-state index contributed by atoms with van der Waals surface area (Å²) in [5.74, 6) is -1.35. The van der Waals surface area contributed by atoms with Gasteiger partial charge in [0.1, 0.15) is 12.1 Å². The normalized spacial score (nSPS) is 21.8. The number of H-pyrrole nitrogens is 1. The number of hydrogen-bond acceptors (Lipinski definition) is 5. The summed E-state index contributed by atoms with van der Waals surface area (Å²) in [5, 5.41) is 18.6. The third kappa shape index (κ3) is 6.89. The van der Waals surface area contributed by atoms with Crippen molar-refractivity contribution >= 4 is 40.3 Å². The Hall–Kier alpha value is -3.40. The molecule has 1 aromatic heterocycles. The van der Waals surface area contributed by atoms with E-state index in [1.54, 1.807) is 29.2 Å². The molecule has 2 bridgehead atoms. The lowest BCUT2D eigenvalue weighted by Gasteiger charge is -2.48. The Morgan fingerprint density at radius 3 is 2.60 bits per heavy atom. The average Bonchev–Trinajstić information content (AvgIpc) is 3.52. The summed E-state index contributed by atoms with van der Waals surface area (Å²) in [5.41, 5.74) is 8.14. The van der Waals surface area contributed by atoms with Gasteiger partial charge in [-0.15, -0.1) is 0 Å². The number of carboxylic acid groups (broad SMARTS) is 1. The van der Waals surface area contributed by atoms with Crippen molar-refractivity contribution in [3.05, 3.63) is 70.9 Å². The maximum atomic E-state index is 14.9. The van der Waals surface area contributed by atoms with Gasteiger partial charge in [0.15, 0.2) is 0 Å². The first kappa shape index (κ1) is 31.0. The number of benzene rings is 2. The lowest BCUT2D eigenvalue weighted by molar-refractivity contribution is -0.158. The van der Waals surface area contributed by atoms with E-state index in [0.717, 1.165) is 41.4 Å². The summed E-state index contributed by atoms with van der Waals surface area (Å²) in [6.07, 6.45) is 4.95. The van der Waals surface area contributed by atoms with Crippen LogP contribution in [0.3, 0.4) is 0 Å². The number of aromatic amines is 1. The van der Waals surface area contributed by atoms with Crippen LogP contribution in [0, 0.1) is 11.8 Å². The molecule has 2 amide bonds. The van der Waals surface area contributed by atoms with Gasteiger partial charge in [-0.1, -0.05) is 55.8 Å². The van der Waals surface area contributed by atoms with Crippen LogP contribution in [0.25, 0.3) is 10.9 Å². The highest BCUT2D eigenvalue weighted by molar-refractivity contribution is 6.30. The van der Waals surface area contributed by atoms with Crippen LogP contribution in [0.15, 0.2) is 54.7 Å². The van der Waals surface area contributed by atoms with Gasteiger partial charge in [-0.25, -0.2) is 4.79 Å². The van der Waals surface area contributed by atoms with Gasteiger partial charge in [-0.05, 0) is 73.4 Å². The maximum absolute atomic E-state index is 14.9. The van der Waals surface area contributed by atoms with Crippen molar-refractivity contribution in [3.63, 3.8) is 0 Å². The largest absolute Gasteiger partial charge is 0.480 e. The number of carbonyl (C=O) groups excluding carboxylic acids is 2. The second kappa shape index (κ2) is 13.1. The second-order valence-corrected chi connectivity index (χ2v) is 13.2. The van der Waals surface area contributed by atoms with Crippen molar-refractivity contribution in [2.24, 2.45) is 17.6 Å². The molecule has 6 N–H and O–H groups in total.